The molecule has 1 aliphatic rings. The maximum absolute atomic E-state index is 12.9. The van der Waals surface area contributed by atoms with Crippen molar-refractivity contribution in [2.75, 3.05) is 4.90 Å². The van der Waals surface area contributed by atoms with Gasteiger partial charge in [-0.15, -0.1) is 0 Å². The third kappa shape index (κ3) is 4.59. The second kappa shape index (κ2) is 6.87. The number of nitrogens with zero attached hydrogens (tertiary/aromatic N) is 2. The standard InChI is InChI=1S/C22H28N2O3/c1-21(2,3)26-17-13-8-7-12-16(17)24-18(15-11-9-10-14-23-15)19(24)20(25)27-22(4,5)6/h7-14,18-19H,1-6H3. The normalized spacial score (nSPS) is 19.6. The first-order valence-corrected chi connectivity index (χ1v) is 9.27. The van der Waals surface area contributed by atoms with Crippen LogP contribution in [0.2, 0.25) is 0 Å². The van der Waals surface area contributed by atoms with E-state index in [1.54, 1.807) is 6.20 Å². The number of pyridine rings is 1. The SMILES string of the molecule is CC(C)(C)OC(=O)C1C(c2ccccn2)N1c1ccccc1OC(C)(C)C. The number of hydrogen-bond acceptors (Lipinski definition) is 5. The molecule has 0 saturated carbocycles. The number of carbonyl (C=O) groups is 1. The van der Waals surface area contributed by atoms with E-state index >= 15 is 0 Å². The zero-order valence-electron chi connectivity index (χ0n) is 16.9. The summed E-state index contributed by atoms with van der Waals surface area (Å²) in [6.45, 7) is 11.7. The fourth-order valence-electron chi connectivity index (χ4n) is 3.08. The van der Waals surface area contributed by atoms with Crippen molar-refractivity contribution in [1.29, 1.82) is 0 Å². The van der Waals surface area contributed by atoms with Gasteiger partial charge in [0.05, 0.1) is 11.4 Å². The fraction of sp³-hybridized carbons (Fsp3) is 0.455. The second-order valence-electron chi connectivity index (χ2n) is 8.77. The molecule has 0 N–H and O–H groups in total. The van der Waals surface area contributed by atoms with Gasteiger partial charge < -0.3 is 14.4 Å². The van der Waals surface area contributed by atoms with Crippen molar-refractivity contribution < 1.29 is 14.3 Å². The molecule has 2 heterocycles. The smallest absolute Gasteiger partial charge is 0.331 e. The van der Waals surface area contributed by atoms with Gasteiger partial charge in [0.25, 0.3) is 0 Å². The van der Waals surface area contributed by atoms with Crippen molar-refractivity contribution in [3.05, 3.63) is 54.4 Å². The molecule has 0 bridgehead atoms. The van der Waals surface area contributed by atoms with Crippen LogP contribution >= 0.6 is 0 Å². The van der Waals surface area contributed by atoms with Gasteiger partial charge in [0.2, 0.25) is 0 Å². The number of benzene rings is 1. The molecule has 1 aromatic carbocycles. The maximum Gasteiger partial charge on any atom is 0.331 e. The molecule has 27 heavy (non-hydrogen) atoms. The van der Waals surface area contributed by atoms with Crippen LogP contribution in [0.25, 0.3) is 0 Å². The summed E-state index contributed by atoms with van der Waals surface area (Å²) in [4.78, 5) is 19.3. The Bertz CT molecular complexity index is 806. The van der Waals surface area contributed by atoms with Crippen LogP contribution in [0, 0.1) is 0 Å². The summed E-state index contributed by atoms with van der Waals surface area (Å²) in [5.41, 5.74) is 0.841. The summed E-state index contributed by atoms with van der Waals surface area (Å²) >= 11 is 0. The Balaban J connectivity index is 1.96. The van der Waals surface area contributed by atoms with Crippen molar-refractivity contribution in [2.24, 2.45) is 0 Å². The number of aromatic nitrogens is 1. The zero-order chi connectivity index (χ0) is 19.8. The van der Waals surface area contributed by atoms with Gasteiger partial charge in [0.1, 0.15) is 23.0 Å². The Kier molecular flexibility index (Phi) is 4.89. The molecule has 144 valence electrons. The van der Waals surface area contributed by atoms with E-state index in [0.717, 1.165) is 17.1 Å². The molecule has 2 aromatic rings. The van der Waals surface area contributed by atoms with Gasteiger partial charge in [-0.05, 0) is 65.8 Å². The lowest BCUT2D eigenvalue weighted by molar-refractivity contribution is -0.154. The van der Waals surface area contributed by atoms with Crippen LogP contribution < -0.4 is 9.64 Å². The van der Waals surface area contributed by atoms with E-state index in [2.05, 4.69) is 4.98 Å². The average molecular weight is 368 g/mol. The van der Waals surface area contributed by atoms with Crippen LogP contribution in [-0.4, -0.2) is 28.2 Å². The topological polar surface area (TPSA) is 51.4 Å². The molecule has 5 heteroatoms. The van der Waals surface area contributed by atoms with E-state index < -0.39 is 11.6 Å². The van der Waals surface area contributed by atoms with E-state index in [9.17, 15) is 4.79 Å². The summed E-state index contributed by atoms with van der Waals surface area (Å²) in [6.07, 6.45) is 1.75. The zero-order valence-corrected chi connectivity index (χ0v) is 16.9. The maximum atomic E-state index is 12.9. The highest BCUT2D eigenvalue weighted by atomic mass is 16.6. The first-order chi connectivity index (χ1) is 12.6. The highest BCUT2D eigenvalue weighted by Crippen LogP contribution is 2.50. The van der Waals surface area contributed by atoms with E-state index in [0.29, 0.717) is 0 Å². The predicted molar refractivity (Wildman–Crippen MR) is 106 cm³/mol. The van der Waals surface area contributed by atoms with Crippen molar-refractivity contribution in [3.8, 4) is 5.75 Å². The van der Waals surface area contributed by atoms with Crippen LogP contribution in [0.15, 0.2) is 48.7 Å². The number of hydrogen-bond donors (Lipinski definition) is 0. The van der Waals surface area contributed by atoms with Crippen LogP contribution in [0.1, 0.15) is 53.3 Å². The number of carbonyl (C=O) groups excluding carboxylic acids is 1. The average Bonchev–Trinajstić information content (AvgIpc) is 3.28. The van der Waals surface area contributed by atoms with E-state index in [4.69, 9.17) is 9.47 Å². The molecule has 1 saturated heterocycles. The molecule has 1 fully saturated rings. The van der Waals surface area contributed by atoms with Crippen LogP contribution in [0.5, 0.6) is 5.75 Å². The molecule has 1 aliphatic heterocycles. The fourth-order valence-corrected chi connectivity index (χ4v) is 3.08. The molecule has 3 rings (SSSR count). The van der Waals surface area contributed by atoms with Crippen LogP contribution in [0.4, 0.5) is 5.69 Å². The molecule has 2 unspecified atom stereocenters. The van der Waals surface area contributed by atoms with Crippen LogP contribution in [-0.2, 0) is 9.53 Å². The minimum absolute atomic E-state index is 0.161. The third-order valence-corrected chi connectivity index (χ3v) is 4.01. The molecule has 2 atom stereocenters. The Morgan fingerprint density at radius 1 is 0.963 bits per heavy atom. The van der Waals surface area contributed by atoms with Crippen molar-refractivity contribution in [2.45, 2.75) is 64.8 Å². The molecular formula is C22H28N2O3. The van der Waals surface area contributed by atoms with Crippen molar-refractivity contribution >= 4 is 11.7 Å². The van der Waals surface area contributed by atoms with Gasteiger partial charge in [-0.2, -0.15) is 0 Å². The van der Waals surface area contributed by atoms with Crippen LogP contribution in [0.3, 0.4) is 0 Å². The Morgan fingerprint density at radius 2 is 1.63 bits per heavy atom. The molecular weight excluding hydrogens is 340 g/mol. The van der Waals surface area contributed by atoms with Gasteiger partial charge in [-0.25, -0.2) is 4.79 Å². The van der Waals surface area contributed by atoms with Crippen molar-refractivity contribution in [1.82, 2.24) is 4.98 Å². The largest absolute Gasteiger partial charge is 0.486 e. The van der Waals surface area contributed by atoms with Crippen molar-refractivity contribution in [3.63, 3.8) is 0 Å². The lowest BCUT2D eigenvalue weighted by atomic mass is 10.2. The minimum Gasteiger partial charge on any atom is -0.486 e. The summed E-state index contributed by atoms with van der Waals surface area (Å²) < 4.78 is 11.8. The van der Waals surface area contributed by atoms with Gasteiger partial charge >= 0.3 is 5.97 Å². The number of rotatable bonds is 4. The summed E-state index contributed by atoms with van der Waals surface area (Å²) in [6, 6.07) is 13.0. The minimum atomic E-state index is -0.540. The summed E-state index contributed by atoms with van der Waals surface area (Å²) in [5.74, 6) is 0.501. The monoisotopic (exact) mass is 368 g/mol. The summed E-state index contributed by atoms with van der Waals surface area (Å²) in [5, 5.41) is 0. The molecule has 0 aliphatic carbocycles. The Morgan fingerprint density at radius 3 is 2.22 bits per heavy atom. The van der Waals surface area contributed by atoms with E-state index in [1.807, 2.05) is 88.9 Å². The quantitative estimate of drug-likeness (QED) is 0.586. The molecule has 0 spiro atoms. The molecule has 0 amide bonds. The van der Waals surface area contributed by atoms with E-state index in [1.165, 1.54) is 0 Å². The molecule has 5 nitrogen and oxygen atoms in total. The lowest BCUT2D eigenvalue weighted by Crippen LogP contribution is -2.28. The first kappa shape index (κ1) is 19.2. The van der Waals surface area contributed by atoms with E-state index in [-0.39, 0.29) is 17.6 Å². The first-order valence-electron chi connectivity index (χ1n) is 9.27. The highest BCUT2D eigenvalue weighted by Gasteiger charge is 2.57. The van der Waals surface area contributed by atoms with Gasteiger partial charge in [0.15, 0.2) is 6.04 Å². The number of ether oxygens (including phenoxy) is 2. The Labute approximate surface area is 161 Å². The van der Waals surface area contributed by atoms with Gasteiger partial charge in [-0.1, -0.05) is 18.2 Å². The van der Waals surface area contributed by atoms with Gasteiger partial charge in [0, 0.05) is 6.20 Å². The van der Waals surface area contributed by atoms with Gasteiger partial charge in [-0.3, -0.25) is 4.98 Å². The predicted octanol–water partition coefficient (Wildman–Crippen LogP) is 4.53. The second-order valence-corrected chi connectivity index (χ2v) is 8.77. The highest BCUT2D eigenvalue weighted by molar-refractivity contribution is 5.90. The number of anilines is 1. The molecule has 0 radical (unpaired) electrons. The third-order valence-electron chi connectivity index (χ3n) is 4.01. The number of para-hydroxylation sites is 2. The number of esters is 1. The molecule has 1 aromatic heterocycles. The Hall–Kier alpha value is -2.56. The summed E-state index contributed by atoms with van der Waals surface area (Å²) in [7, 11) is 0. The lowest BCUT2D eigenvalue weighted by Gasteiger charge is -2.24.